The molecule has 0 bridgehead atoms. The summed E-state index contributed by atoms with van der Waals surface area (Å²) in [6.45, 7) is 8.23. The largest absolute Gasteiger partial charge is 0.389 e. The van der Waals surface area contributed by atoms with Gasteiger partial charge in [-0.15, -0.1) is 0 Å². The molecule has 0 aromatic carbocycles. The third-order valence-electron chi connectivity index (χ3n) is 6.19. The first-order valence-electron chi connectivity index (χ1n) is 11.3. The molecule has 4 heterocycles. The molecule has 3 aromatic rings. The van der Waals surface area contributed by atoms with Gasteiger partial charge in [-0.25, -0.2) is 14.4 Å². The summed E-state index contributed by atoms with van der Waals surface area (Å²) in [6.07, 6.45) is 2.54. The molecule has 1 saturated heterocycles. The molecule has 180 valence electrons. The molecule has 0 unspecified atom stereocenters. The van der Waals surface area contributed by atoms with E-state index in [1.807, 2.05) is 19.9 Å². The predicted octanol–water partition coefficient (Wildman–Crippen LogP) is 3.19. The number of anilines is 3. The highest BCUT2D eigenvalue weighted by Gasteiger charge is 2.42. The van der Waals surface area contributed by atoms with E-state index in [9.17, 15) is 14.3 Å². The van der Waals surface area contributed by atoms with Crippen molar-refractivity contribution in [1.82, 2.24) is 25.3 Å². The number of rotatable bonds is 5. The van der Waals surface area contributed by atoms with Gasteiger partial charge in [-0.05, 0) is 29.0 Å². The van der Waals surface area contributed by atoms with Gasteiger partial charge in [0, 0.05) is 43.0 Å². The van der Waals surface area contributed by atoms with Gasteiger partial charge in [0.15, 0.2) is 0 Å². The first-order chi connectivity index (χ1) is 16.1. The lowest BCUT2D eigenvalue weighted by Crippen LogP contribution is -2.55. The zero-order valence-corrected chi connectivity index (χ0v) is 20.0. The van der Waals surface area contributed by atoms with Crippen LogP contribution in [0.3, 0.4) is 0 Å². The molecule has 1 fully saturated rings. The first-order valence-corrected chi connectivity index (χ1v) is 11.3. The van der Waals surface area contributed by atoms with E-state index in [-0.39, 0.29) is 18.4 Å². The molecular weight excluding hydrogens is 437 g/mol. The quantitative estimate of drug-likeness (QED) is 0.524. The Bertz CT molecular complexity index is 1220. The van der Waals surface area contributed by atoms with E-state index in [1.54, 1.807) is 36.6 Å². The normalized spacial score (nSPS) is 19.9. The van der Waals surface area contributed by atoms with Crippen LogP contribution in [-0.2, 0) is 0 Å². The maximum Gasteiger partial charge on any atom is 0.270 e. The number of pyridine rings is 2. The number of piperidine rings is 1. The summed E-state index contributed by atoms with van der Waals surface area (Å²) in [5.74, 6) is 1.35. The number of aliphatic hydroxyl groups excluding tert-OH is 1. The van der Waals surface area contributed by atoms with Gasteiger partial charge in [0.25, 0.3) is 5.91 Å². The van der Waals surface area contributed by atoms with Gasteiger partial charge in [0.2, 0.25) is 5.95 Å². The van der Waals surface area contributed by atoms with E-state index in [2.05, 4.69) is 44.4 Å². The minimum absolute atomic E-state index is 0.0231. The standard InChI is InChI=1S/C24H30FN7O2/c1-13(2)15-9-29-20(22(34)26-5)16-10-28-19(8-14(15)16)30-18-6-7-27-23(31-18)32-11-17(25)21(33)24(3,4)12-32/h6-10,13,17,21,33H,11-12H2,1-5H3,(H,26,34)(H,27,28,30,31)/t17-,21-/m1/s1. The average Bonchev–Trinajstić information content (AvgIpc) is 2.80. The van der Waals surface area contributed by atoms with Crippen LogP contribution in [0.15, 0.2) is 30.7 Å². The van der Waals surface area contributed by atoms with Crippen LogP contribution in [0.2, 0.25) is 0 Å². The van der Waals surface area contributed by atoms with Crippen LogP contribution in [0.4, 0.5) is 22.0 Å². The highest BCUT2D eigenvalue weighted by Crippen LogP contribution is 2.33. The highest BCUT2D eigenvalue weighted by molar-refractivity contribution is 6.06. The van der Waals surface area contributed by atoms with Crippen LogP contribution in [0.1, 0.15) is 49.7 Å². The number of fused-ring (bicyclic) bond motifs is 1. The summed E-state index contributed by atoms with van der Waals surface area (Å²) < 4.78 is 14.4. The van der Waals surface area contributed by atoms with Crippen molar-refractivity contribution in [2.45, 2.75) is 45.9 Å². The van der Waals surface area contributed by atoms with Crippen molar-refractivity contribution >= 4 is 34.3 Å². The zero-order chi connectivity index (χ0) is 24.6. The van der Waals surface area contributed by atoms with E-state index >= 15 is 0 Å². The molecule has 1 aliphatic heterocycles. The molecular formula is C24H30FN7O2. The van der Waals surface area contributed by atoms with Gasteiger partial charge in [0.05, 0.1) is 12.6 Å². The second kappa shape index (κ2) is 9.09. The lowest BCUT2D eigenvalue weighted by molar-refractivity contribution is -0.0257. The number of carbonyl (C=O) groups excluding carboxylic acids is 1. The number of aliphatic hydroxyl groups is 1. The van der Waals surface area contributed by atoms with Gasteiger partial charge in [-0.3, -0.25) is 9.78 Å². The third kappa shape index (κ3) is 4.50. The van der Waals surface area contributed by atoms with Crippen molar-refractivity contribution in [1.29, 1.82) is 0 Å². The minimum atomic E-state index is -1.39. The van der Waals surface area contributed by atoms with Gasteiger partial charge < -0.3 is 20.6 Å². The topological polar surface area (TPSA) is 116 Å². The number of hydrogen-bond acceptors (Lipinski definition) is 8. The Balaban J connectivity index is 1.66. The molecule has 0 spiro atoms. The summed E-state index contributed by atoms with van der Waals surface area (Å²) in [6, 6.07) is 3.58. The number of hydrogen-bond donors (Lipinski definition) is 3. The molecule has 9 nitrogen and oxygen atoms in total. The smallest absolute Gasteiger partial charge is 0.270 e. The first kappa shape index (κ1) is 23.7. The molecule has 10 heteroatoms. The number of aromatic nitrogens is 4. The maximum atomic E-state index is 14.4. The third-order valence-corrected chi connectivity index (χ3v) is 6.19. The van der Waals surface area contributed by atoms with Crippen LogP contribution in [-0.4, -0.2) is 63.4 Å². The molecule has 0 aliphatic carbocycles. The Morgan fingerprint density at radius 3 is 2.65 bits per heavy atom. The Morgan fingerprint density at radius 1 is 1.21 bits per heavy atom. The van der Waals surface area contributed by atoms with Crippen LogP contribution >= 0.6 is 0 Å². The molecule has 34 heavy (non-hydrogen) atoms. The van der Waals surface area contributed by atoms with Crippen LogP contribution in [0, 0.1) is 5.41 Å². The molecule has 3 aromatic heterocycles. The Morgan fingerprint density at radius 2 is 1.97 bits per heavy atom. The molecule has 0 radical (unpaired) electrons. The molecule has 2 atom stereocenters. The number of halogens is 1. The summed E-state index contributed by atoms with van der Waals surface area (Å²) in [4.78, 5) is 31.7. The molecule has 4 rings (SSSR count). The summed E-state index contributed by atoms with van der Waals surface area (Å²) in [7, 11) is 1.57. The van der Waals surface area contributed by atoms with Crippen LogP contribution in [0.5, 0.6) is 0 Å². The van der Waals surface area contributed by atoms with Crippen molar-refractivity contribution in [3.05, 3.63) is 42.0 Å². The van der Waals surface area contributed by atoms with Crippen molar-refractivity contribution in [2.24, 2.45) is 5.41 Å². The van der Waals surface area contributed by atoms with E-state index < -0.39 is 17.7 Å². The molecule has 0 saturated carbocycles. The van der Waals surface area contributed by atoms with Crippen molar-refractivity contribution in [3.8, 4) is 0 Å². The van der Waals surface area contributed by atoms with E-state index in [4.69, 9.17) is 0 Å². The van der Waals surface area contributed by atoms with E-state index in [0.29, 0.717) is 35.2 Å². The fraction of sp³-hybridized carbons (Fsp3) is 0.458. The average molecular weight is 468 g/mol. The number of alkyl halides is 1. The molecule has 1 aliphatic rings. The fourth-order valence-electron chi connectivity index (χ4n) is 4.29. The number of nitrogens with one attached hydrogen (secondary N) is 2. The molecule has 1 amide bonds. The van der Waals surface area contributed by atoms with E-state index in [0.717, 1.165) is 10.9 Å². The van der Waals surface area contributed by atoms with Gasteiger partial charge in [0.1, 0.15) is 23.5 Å². The summed E-state index contributed by atoms with van der Waals surface area (Å²) >= 11 is 0. The number of carbonyl (C=O) groups is 1. The minimum Gasteiger partial charge on any atom is -0.389 e. The predicted molar refractivity (Wildman–Crippen MR) is 129 cm³/mol. The van der Waals surface area contributed by atoms with Crippen LogP contribution in [0.25, 0.3) is 10.8 Å². The second-order valence-electron chi connectivity index (χ2n) is 9.61. The Kier molecular flexibility index (Phi) is 6.35. The maximum absolute atomic E-state index is 14.4. The van der Waals surface area contributed by atoms with Crippen molar-refractivity contribution in [3.63, 3.8) is 0 Å². The molecule has 3 N–H and O–H groups in total. The number of amides is 1. The zero-order valence-electron chi connectivity index (χ0n) is 20.0. The van der Waals surface area contributed by atoms with Crippen molar-refractivity contribution < 1.29 is 14.3 Å². The Labute approximate surface area is 197 Å². The van der Waals surface area contributed by atoms with Crippen LogP contribution < -0.4 is 15.5 Å². The lowest BCUT2D eigenvalue weighted by atomic mass is 9.80. The van der Waals surface area contributed by atoms with E-state index in [1.165, 1.54) is 0 Å². The number of nitrogens with zero attached hydrogens (tertiary/aromatic N) is 5. The fourth-order valence-corrected chi connectivity index (χ4v) is 4.29. The van der Waals surface area contributed by atoms with Gasteiger partial charge in [-0.2, -0.15) is 4.98 Å². The second-order valence-corrected chi connectivity index (χ2v) is 9.61. The van der Waals surface area contributed by atoms with Gasteiger partial charge >= 0.3 is 0 Å². The SMILES string of the molecule is CNC(=O)c1ncc(C(C)C)c2cc(Nc3ccnc(N4C[C@@H](F)[C@@H](O)C(C)(C)C4)n3)ncc12. The van der Waals surface area contributed by atoms with Crippen molar-refractivity contribution in [2.75, 3.05) is 30.4 Å². The summed E-state index contributed by atoms with van der Waals surface area (Å²) in [5.41, 5.74) is 0.689. The highest BCUT2D eigenvalue weighted by atomic mass is 19.1. The van der Waals surface area contributed by atoms with Gasteiger partial charge in [-0.1, -0.05) is 27.7 Å². The Hall–Kier alpha value is -3.40. The summed E-state index contributed by atoms with van der Waals surface area (Å²) in [5, 5.41) is 17.5. The monoisotopic (exact) mass is 467 g/mol. The lowest BCUT2D eigenvalue weighted by Gasteiger charge is -2.43.